The van der Waals surface area contributed by atoms with Crippen LogP contribution in [0.25, 0.3) is 10.7 Å². The van der Waals surface area contributed by atoms with Crippen LogP contribution in [-0.2, 0) is 13.1 Å². The molecule has 0 amide bonds. The molecule has 3 heterocycles. The third-order valence-electron chi connectivity index (χ3n) is 3.74. The van der Waals surface area contributed by atoms with E-state index >= 15 is 0 Å². The van der Waals surface area contributed by atoms with Crippen molar-refractivity contribution in [3.8, 4) is 10.7 Å². The third-order valence-corrected chi connectivity index (χ3v) is 4.61. The predicted octanol–water partition coefficient (Wildman–Crippen LogP) is 3.33. The van der Waals surface area contributed by atoms with E-state index in [0.29, 0.717) is 18.3 Å². The highest BCUT2D eigenvalue weighted by Gasteiger charge is 2.18. The fourth-order valence-corrected chi connectivity index (χ4v) is 3.33. The minimum absolute atomic E-state index is 0. The first-order valence-electron chi connectivity index (χ1n) is 7.30. The molecule has 23 heavy (non-hydrogen) atoms. The number of benzene rings is 1. The van der Waals surface area contributed by atoms with Gasteiger partial charge < -0.3 is 14.7 Å². The molecule has 5 nitrogen and oxygen atoms in total. The maximum absolute atomic E-state index is 5.43. The number of para-hydroxylation sites is 1. The number of nitrogens with zero attached hydrogens (tertiary/aromatic N) is 3. The van der Waals surface area contributed by atoms with Gasteiger partial charge in [0.25, 0.3) is 0 Å². The van der Waals surface area contributed by atoms with Gasteiger partial charge in [-0.15, -0.1) is 23.7 Å². The van der Waals surface area contributed by atoms with Crippen molar-refractivity contribution >= 4 is 29.4 Å². The molecule has 0 unspecified atom stereocenters. The van der Waals surface area contributed by atoms with Gasteiger partial charge in [0.1, 0.15) is 0 Å². The van der Waals surface area contributed by atoms with Crippen molar-refractivity contribution in [1.29, 1.82) is 0 Å². The highest BCUT2D eigenvalue weighted by Crippen LogP contribution is 2.25. The van der Waals surface area contributed by atoms with E-state index in [2.05, 4.69) is 44.6 Å². The van der Waals surface area contributed by atoms with E-state index in [1.54, 1.807) is 11.3 Å². The topological polar surface area (TPSA) is 54.2 Å². The Balaban J connectivity index is 0.00000156. The van der Waals surface area contributed by atoms with Crippen molar-refractivity contribution in [2.24, 2.45) is 0 Å². The highest BCUT2D eigenvalue weighted by molar-refractivity contribution is 7.13. The van der Waals surface area contributed by atoms with Crippen LogP contribution in [-0.4, -0.2) is 23.2 Å². The van der Waals surface area contributed by atoms with E-state index in [1.807, 2.05) is 17.5 Å². The summed E-state index contributed by atoms with van der Waals surface area (Å²) in [6.45, 7) is 3.41. The molecule has 3 aromatic rings. The summed E-state index contributed by atoms with van der Waals surface area (Å²) in [6.07, 6.45) is 0. The lowest BCUT2D eigenvalue weighted by Crippen LogP contribution is -2.28. The minimum Gasteiger partial charge on any atom is -0.361 e. The number of hydrogen-bond acceptors (Lipinski definition) is 6. The number of halogens is 1. The van der Waals surface area contributed by atoms with Crippen molar-refractivity contribution in [3.05, 3.63) is 53.2 Å². The monoisotopic (exact) mass is 348 g/mol. The molecular weight excluding hydrogens is 332 g/mol. The van der Waals surface area contributed by atoms with Crippen molar-refractivity contribution in [2.45, 2.75) is 13.1 Å². The van der Waals surface area contributed by atoms with Crippen LogP contribution in [0, 0.1) is 0 Å². The zero-order chi connectivity index (χ0) is 14.8. The standard InChI is InChI=1S/C16H16N4OS.ClH/c1-2-5-13-12(4-1)10-17-7-8-20(13)11-15-18-16(19-21-15)14-6-3-9-22-14;/h1-6,9,17H,7-8,10-11H2;1H. The van der Waals surface area contributed by atoms with E-state index < -0.39 is 0 Å². The normalized spacial score (nSPS) is 14.0. The average Bonchev–Trinajstić information content (AvgIpc) is 3.18. The van der Waals surface area contributed by atoms with Gasteiger partial charge in [-0.2, -0.15) is 4.98 Å². The maximum atomic E-state index is 5.43. The lowest BCUT2D eigenvalue weighted by Gasteiger charge is -2.22. The molecule has 0 fully saturated rings. The quantitative estimate of drug-likeness (QED) is 0.786. The first-order valence-corrected chi connectivity index (χ1v) is 8.18. The Morgan fingerprint density at radius 2 is 2.13 bits per heavy atom. The van der Waals surface area contributed by atoms with Crippen molar-refractivity contribution < 1.29 is 4.52 Å². The van der Waals surface area contributed by atoms with Gasteiger partial charge in [0.05, 0.1) is 11.4 Å². The molecule has 2 aromatic heterocycles. The van der Waals surface area contributed by atoms with Crippen molar-refractivity contribution in [1.82, 2.24) is 15.5 Å². The molecule has 120 valence electrons. The molecule has 4 rings (SSSR count). The molecule has 0 atom stereocenters. The Hall–Kier alpha value is -1.89. The van der Waals surface area contributed by atoms with E-state index in [-0.39, 0.29) is 12.4 Å². The summed E-state index contributed by atoms with van der Waals surface area (Å²) in [7, 11) is 0. The second-order valence-corrected chi connectivity index (χ2v) is 6.16. The summed E-state index contributed by atoms with van der Waals surface area (Å²) >= 11 is 1.62. The molecule has 0 radical (unpaired) electrons. The zero-order valence-corrected chi connectivity index (χ0v) is 14.1. The summed E-state index contributed by atoms with van der Waals surface area (Å²) in [6, 6.07) is 12.5. The Labute approximate surface area is 144 Å². The van der Waals surface area contributed by atoms with Crippen LogP contribution in [0.1, 0.15) is 11.5 Å². The van der Waals surface area contributed by atoms with Crippen LogP contribution in [0.2, 0.25) is 0 Å². The number of anilines is 1. The molecule has 1 aliphatic rings. The van der Waals surface area contributed by atoms with Gasteiger partial charge in [-0.05, 0) is 23.1 Å². The lowest BCUT2D eigenvalue weighted by molar-refractivity contribution is 0.376. The Morgan fingerprint density at radius 1 is 1.22 bits per heavy atom. The van der Waals surface area contributed by atoms with E-state index in [0.717, 1.165) is 24.5 Å². The largest absolute Gasteiger partial charge is 0.361 e. The number of rotatable bonds is 3. The molecule has 0 saturated heterocycles. The van der Waals surface area contributed by atoms with Gasteiger partial charge in [-0.1, -0.05) is 29.4 Å². The molecule has 1 N–H and O–H groups in total. The second kappa shape index (κ2) is 7.12. The Bertz CT molecular complexity index is 759. The van der Waals surface area contributed by atoms with Gasteiger partial charge >= 0.3 is 0 Å². The van der Waals surface area contributed by atoms with Crippen LogP contribution in [0.5, 0.6) is 0 Å². The molecule has 0 bridgehead atoms. The van der Waals surface area contributed by atoms with Crippen LogP contribution in [0.4, 0.5) is 5.69 Å². The number of hydrogen-bond donors (Lipinski definition) is 1. The molecule has 1 aromatic carbocycles. The van der Waals surface area contributed by atoms with Gasteiger partial charge in [0, 0.05) is 25.3 Å². The number of thiophene rings is 1. The first-order chi connectivity index (χ1) is 10.9. The third kappa shape index (κ3) is 3.39. The van der Waals surface area contributed by atoms with Crippen molar-refractivity contribution in [3.63, 3.8) is 0 Å². The second-order valence-electron chi connectivity index (χ2n) is 5.22. The highest BCUT2D eigenvalue weighted by atomic mass is 35.5. The molecule has 0 spiro atoms. The molecular formula is C16H17ClN4OS. The average molecular weight is 349 g/mol. The van der Waals surface area contributed by atoms with Crippen molar-refractivity contribution in [2.75, 3.05) is 18.0 Å². The summed E-state index contributed by atoms with van der Waals surface area (Å²) in [5.41, 5.74) is 2.54. The minimum atomic E-state index is 0. The van der Waals surface area contributed by atoms with E-state index in [1.165, 1.54) is 11.3 Å². The van der Waals surface area contributed by atoms with Gasteiger partial charge in [-0.3, -0.25) is 0 Å². The summed E-state index contributed by atoms with van der Waals surface area (Å²) in [5, 5.41) is 9.54. The molecule has 1 aliphatic heterocycles. The Kier molecular flexibility index (Phi) is 4.95. The zero-order valence-electron chi connectivity index (χ0n) is 12.4. The number of aromatic nitrogens is 2. The van der Waals surface area contributed by atoms with Gasteiger partial charge in [-0.25, -0.2) is 0 Å². The fourth-order valence-electron chi connectivity index (χ4n) is 2.68. The smallest absolute Gasteiger partial charge is 0.246 e. The van der Waals surface area contributed by atoms with Crippen LogP contribution in [0.3, 0.4) is 0 Å². The number of fused-ring (bicyclic) bond motifs is 1. The van der Waals surface area contributed by atoms with Gasteiger partial charge in [0.15, 0.2) is 0 Å². The number of nitrogens with one attached hydrogen (secondary N) is 1. The molecule has 0 saturated carbocycles. The summed E-state index contributed by atoms with van der Waals surface area (Å²) < 4.78 is 5.43. The lowest BCUT2D eigenvalue weighted by atomic mass is 10.1. The first kappa shape index (κ1) is 16.0. The predicted molar refractivity (Wildman–Crippen MR) is 94.1 cm³/mol. The van der Waals surface area contributed by atoms with E-state index in [9.17, 15) is 0 Å². The Morgan fingerprint density at radius 3 is 3.00 bits per heavy atom. The van der Waals surface area contributed by atoms with Crippen LogP contribution < -0.4 is 10.2 Å². The maximum Gasteiger partial charge on any atom is 0.246 e. The molecule has 0 aliphatic carbocycles. The van der Waals surface area contributed by atoms with E-state index in [4.69, 9.17) is 4.52 Å². The SMILES string of the molecule is Cl.c1csc(-c2noc(CN3CCNCc4ccccc43)n2)c1. The summed E-state index contributed by atoms with van der Waals surface area (Å²) in [4.78, 5) is 7.85. The summed E-state index contributed by atoms with van der Waals surface area (Å²) in [5.74, 6) is 1.33. The molecule has 7 heteroatoms. The van der Waals surface area contributed by atoms with Crippen LogP contribution in [0.15, 0.2) is 46.3 Å². The van der Waals surface area contributed by atoms with Crippen LogP contribution >= 0.6 is 23.7 Å². The fraction of sp³-hybridized carbons (Fsp3) is 0.250. The van der Waals surface area contributed by atoms with Gasteiger partial charge in [0.2, 0.25) is 11.7 Å².